The highest BCUT2D eigenvalue weighted by Gasteiger charge is 2.08. The lowest BCUT2D eigenvalue weighted by Gasteiger charge is -2.18. The molecule has 1 aromatic carbocycles. The molecule has 0 radical (unpaired) electrons. The zero-order valence-electron chi connectivity index (χ0n) is 12.3. The van der Waals surface area contributed by atoms with Gasteiger partial charge in [0.05, 0.1) is 0 Å². The Hall–Kier alpha value is -1.12. The largest absolute Gasteiger partial charge is 0.314 e. The third-order valence-electron chi connectivity index (χ3n) is 3.63. The lowest BCUT2D eigenvalue weighted by Crippen LogP contribution is -2.30. The lowest BCUT2D eigenvalue weighted by molar-refractivity contribution is 0.454. The molecule has 0 aliphatic carbocycles. The lowest BCUT2D eigenvalue weighted by atomic mass is 10.0. The smallest absolute Gasteiger partial charge is 0.00736 e. The quantitative estimate of drug-likeness (QED) is 0.706. The highest BCUT2D eigenvalue weighted by atomic mass is 32.1. The van der Waals surface area contributed by atoms with Gasteiger partial charge in [-0.2, -0.15) is 0 Å². The van der Waals surface area contributed by atoms with E-state index in [0.717, 1.165) is 6.54 Å². The van der Waals surface area contributed by atoms with E-state index in [4.69, 9.17) is 0 Å². The molecule has 1 atom stereocenters. The van der Waals surface area contributed by atoms with E-state index in [9.17, 15) is 0 Å². The summed E-state index contributed by atoms with van der Waals surface area (Å²) in [5.74, 6) is 0. The summed E-state index contributed by atoms with van der Waals surface area (Å²) in [6.07, 6.45) is 6.06. The van der Waals surface area contributed by atoms with E-state index in [2.05, 4.69) is 60.1 Å². The fourth-order valence-corrected chi connectivity index (χ4v) is 3.18. The SMILES string of the molecule is CCCNC(CCc1ccccc1)CCc1cccs1. The number of nitrogens with one attached hydrogen (secondary N) is 1. The number of rotatable bonds is 9. The van der Waals surface area contributed by atoms with Gasteiger partial charge in [0.25, 0.3) is 0 Å². The number of hydrogen-bond acceptors (Lipinski definition) is 2. The molecule has 1 aromatic heterocycles. The van der Waals surface area contributed by atoms with Crippen LogP contribution in [0.1, 0.15) is 36.6 Å². The molecule has 0 fully saturated rings. The Bertz CT molecular complexity index is 450. The van der Waals surface area contributed by atoms with Crippen LogP contribution in [0.2, 0.25) is 0 Å². The van der Waals surface area contributed by atoms with Crippen molar-refractivity contribution >= 4 is 11.3 Å². The number of benzene rings is 1. The van der Waals surface area contributed by atoms with Gasteiger partial charge < -0.3 is 5.32 Å². The monoisotopic (exact) mass is 287 g/mol. The molecule has 2 heteroatoms. The standard InChI is InChI=1S/C18H25NS/c1-2-14-19-17(12-13-18-9-6-15-20-18)11-10-16-7-4-3-5-8-16/h3-9,15,17,19H,2,10-14H2,1H3. The van der Waals surface area contributed by atoms with E-state index in [1.54, 1.807) is 0 Å². The normalized spacial score (nSPS) is 12.4. The molecule has 0 spiro atoms. The second-order valence-corrected chi connectivity index (χ2v) is 6.33. The van der Waals surface area contributed by atoms with Crippen LogP contribution >= 0.6 is 11.3 Å². The van der Waals surface area contributed by atoms with Gasteiger partial charge in [-0.1, -0.05) is 43.3 Å². The minimum Gasteiger partial charge on any atom is -0.314 e. The van der Waals surface area contributed by atoms with Crippen LogP contribution in [0, 0.1) is 0 Å². The molecule has 0 aliphatic rings. The van der Waals surface area contributed by atoms with Gasteiger partial charge in [-0.05, 0) is 55.7 Å². The highest BCUT2D eigenvalue weighted by molar-refractivity contribution is 7.09. The zero-order valence-corrected chi connectivity index (χ0v) is 13.2. The summed E-state index contributed by atoms with van der Waals surface area (Å²) in [7, 11) is 0. The molecule has 20 heavy (non-hydrogen) atoms. The second-order valence-electron chi connectivity index (χ2n) is 5.29. The van der Waals surface area contributed by atoms with Gasteiger partial charge in [0.2, 0.25) is 0 Å². The molecule has 2 rings (SSSR count). The van der Waals surface area contributed by atoms with Crippen LogP contribution < -0.4 is 5.32 Å². The average Bonchev–Trinajstić information content (AvgIpc) is 3.01. The van der Waals surface area contributed by atoms with Crippen molar-refractivity contribution in [1.82, 2.24) is 5.32 Å². The molecule has 0 aliphatic heterocycles. The molecule has 1 N–H and O–H groups in total. The van der Waals surface area contributed by atoms with Gasteiger partial charge >= 0.3 is 0 Å². The predicted molar refractivity (Wildman–Crippen MR) is 89.5 cm³/mol. The van der Waals surface area contributed by atoms with Crippen LogP contribution in [-0.4, -0.2) is 12.6 Å². The van der Waals surface area contributed by atoms with Crippen molar-refractivity contribution < 1.29 is 0 Å². The van der Waals surface area contributed by atoms with Crippen molar-refractivity contribution in [2.24, 2.45) is 0 Å². The highest BCUT2D eigenvalue weighted by Crippen LogP contribution is 2.14. The van der Waals surface area contributed by atoms with Crippen molar-refractivity contribution in [3.63, 3.8) is 0 Å². The van der Waals surface area contributed by atoms with E-state index < -0.39 is 0 Å². The minimum atomic E-state index is 0.636. The van der Waals surface area contributed by atoms with Crippen molar-refractivity contribution in [2.75, 3.05) is 6.54 Å². The Kier molecular flexibility index (Phi) is 6.82. The Labute approximate surface area is 127 Å². The van der Waals surface area contributed by atoms with E-state index in [1.807, 2.05) is 11.3 Å². The van der Waals surface area contributed by atoms with E-state index in [-0.39, 0.29) is 0 Å². The first-order valence-corrected chi connectivity index (χ1v) is 8.56. The van der Waals surface area contributed by atoms with Gasteiger partial charge in [-0.15, -0.1) is 11.3 Å². The van der Waals surface area contributed by atoms with E-state index in [1.165, 1.54) is 42.5 Å². The fourth-order valence-electron chi connectivity index (χ4n) is 2.45. The molecule has 1 nitrogen and oxygen atoms in total. The number of thiophene rings is 1. The van der Waals surface area contributed by atoms with Crippen LogP contribution in [0.3, 0.4) is 0 Å². The van der Waals surface area contributed by atoms with Crippen LogP contribution in [0.5, 0.6) is 0 Å². The fraction of sp³-hybridized carbons (Fsp3) is 0.444. The van der Waals surface area contributed by atoms with Crippen LogP contribution in [0.15, 0.2) is 47.8 Å². The van der Waals surface area contributed by atoms with E-state index >= 15 is 0 Å². The number of aryl methyl sites for hydroxylation is 2. The van der Waals surface area contributed by atoms with Crippen LogP contribution in [-0.2, 0) is 12.8 Å². The molecule has 0 bridgehead atoms. The van der Waals surface area contributed by atoms with Gasteiger partial charge in [0.1, 0.15) is 0 Å². The van der Waals surface area contributed by atoms with Gasteiger partial charge in [-0.3, -0.25) is 0 Å². The van der Waals surface area contributed by atoms with Crippen LogP contribution in [0.25, 0.3) is 0 Å². The van der Waals surface area contributed by atoms with Gasteiger partial charge in [0.15, 0.2) is 0 Å². The molecule has 0 amide bonds. The van der Waals surface area contributed by atoms with Crippen molar-refractivity contribution in [3.8, 4) is 0 Å². The summed E-state index contributed by atoms with van der Waals surface area (Å²) in [6.45, 7) is 3.37. The minimum absolute atomic E-state index is 0.636. The van der Waals surface area contributed by atoms with Crippen molar-refractivity contribution in [3.05, 3.63) is 58.3 Å². The molecule has 1 unspecified atom stereocenters. The summed E-state index contributed by atoms with van der Waals surface area (Å²) in [5.41, 5.74) is 1.45. The molecular weight excluding hydrogens is 262 g/mol. The Balaban J connectivity index is 1.80. The summed E-state index contributed by atoms with van der Waals surface area (Å²) >= 11 is 1.88. The maximum Gasteiger partial charge on any atom is 0.00736 e. The van der Waals surface area contributed by atoms with Gasteiger partial charge in [0, 0.05) is 10.9 Å². The second kappa shape index (κ2) is 8.93. The first-order chi connectivity index (χ1) is 9.88. The third kappa shape index (κ3) is 5.48. The maximum atomic E-state index is 3.71. The molecule has 1 heterocycles. The van der Waals surface area contributed by atoms with Gasteiger partial charge in [-0.25, -0.2) is 0 Å². The Morgan fingerprint density at radius 3 is 2.50 bits per heavy atom. The Morgan fingerprint density at radius 1 is 1.00 bits per heavy atom. The first-order valence-electron chi connectivity index (χ1n) is 7.68. The van der Waals surface area contributed by atoms with Crippen LogP contribution in [0.4, 0.5) is 0 Å². The first kappa shape index (κ1) is 15.3. The van der Waals surface area contributed by atoms with Crippen molar-refractivity contribution in [2.45, 2.75) is 45.1 Å². The topological polar surface area (TPSA) is 12.0 Å². The summed E-state index contributed by atoms with van der Waals surface area (Å²) in [6, 6.07) is 15.9. The Morgan fingerprint density at radius 2 is 1.80 bits per heavy atom. The number of hydrogen-bond donors (Lipinski definition) is 1. The maximum absolute atomic E-state index is 3.71. The van der Waals surface area contributed by atoms with Crippen molar-refractivity contribution in [1.29, 1.82) is 0 Å². The predicted octanol–water partition coefficient (Wildman–Crippen LogP) is 4.68. The molecule has 2 aromatic rings. The molecule has 108 valence electrons. The molecule has 0 saturated heterocycles. The summed E-state index contributed by atoms with van der Waals surface area (Å²) in [4.78, 5) is 1.51. The zero-order chi connectivity index (χ0) is 14.0. The summed E-state index contributed by atoms with van der Waals surface area (Å²) in [5, 5.41) is 5.88. The van der Waals surface area contributed by atoms with E-state index in [0.29, 0.717) is 6.04 Å². The average molecular weight is 287 g/mol. The third-order valence-corrected chi connectivity index (χ3v) is 4.56. The molecular formula is C18H25NS. The summed E-state index contributed by atoms with van der Waals surface area (Å²) < 4.78 is 0. The molecule has 0 saturated carbocycles.